The highest BCUT2D eigenvalue weighted by Crippen LogP contribution is 2.38. The van der Waals surface area contributed by atoms with Crippen LogP contribution in [0.5, 0.6) is 0 Å². The molecule has 0 amide bonds. The molecular formula is C126H240O17. The average molecular weight is 2030 g/mol. The van der Waals surface area contributed by atoms with Crippen LogP contribution in [0.3, 0.4) is 0 Å². The number of carbonyl (C=O) groups is 9. The highest BCUT2D eigenvalue weighted by molar-refractivity contribution is 5.82. The summed E-state index contributed by atoms with van der Waals surface area (Å²) in [4.78, 5) is 106. The molecule has 2 saturated carbocycles. The van der Waals surface area contributed by atoms with Crippen molar-refractivity contribution >= 4 is 52.0 Å². The van der Waals surface area contributed by atoms with Crippen LogP contribution in [-0.2, 0) is 81.0 Å². The van der Waals surface area contributed by atoms with Crippen molar-refractivity contribution in [3.05, 3.63) is 0 Å². The third-order valence-corrected chi connectivity index (χ3v) is 28.5. The smallest absolute Gasteiger partial charge is 0.170 e. The number of ketones is 9. The average Bonchev–Trinajstić information content (AvgIpc) is 1.38. The van der Waals surface area contributed by atoms with E-state index in [9.17, 15) is 43.2 Å². The summed E-state index contributed by atoms with van der Waals surface area (Å²) in [6, 6.07) is 0. The molecule has 2 fully saturated rings. The number of Topliss-reactive ketones (excluding diaryl/α,β-unsaturated/α-hetero) is 9. The highest BCUT2D eigenvalue weighted by Gasteiger charge is 2.40. The molecule has 0 aromatic carbocycles. The van der Waals surface area contributed by atoms with E-state index in [1.54, 1.807) is 0 Å². The minimum Gasteiger partial charge on any atom is -0.351 e. The van der Waals surface area contributed by atoms with Crippen LogP contribution in [0.2, 0.25) is 0 Å². The van der Waals surface area contributed by atoms with E-state index in [0.717, 1.165) is 243 Å². The van der Waals surface area contributed by atoms with Crippen LogP contribution >= 0.6 is 0 Å². The van der Waals surface area contributed by atoms with Crippen molar-refractivity contribution in [3.8, 4) is 0 Å². The molecule has 2 rings (SSSR count). The summed E-state index contributed by atoms with van der Waals surface area (Å²) >= 11 is 0. The predicted octanol–water partition coefficient (Wildman–Crippen LogP) is 36.2. The van der Waals surface area contributed by atoms with E-state index in [0.29, 0.717) is 148 Å². The molecule has 0 radical (unpaired) electrons. The van der Waals surface area contributed by atoms with Crippen LogP contribution in [0.4, 0.5) is 0 Å². The lowest BCUT2D eigenvalue weighted by molar-refractivity contribution is -0.278. The Balaban J connectivity index is -0.00000176. The maximum atomic E-state index is 12.2. The quantitative estimate of drug-likeness (QED) is 0.0407. The third-order valence-electron chi connectivity index (χ3n) is 28.5. The van der Waals surface area contributed by atoms with Crippen LogP contribution in [0.25, 0.3) is 0 Å². The lowest BCUT2D eigenvalue weighted by atomic mass is 9.86. The Morgan fingerprint density at radius 1 is 0.196 bits per heavy atom. The fourth-order valence-corrected chi connectivity index (χ4v) is 17.8. The Bertz CT molecular complexity index is 3010. The molecule has 0 bridgehead atoms. The van der Waals surface area contributed by atoms with Gasteiger partial charge >= 0.3 is 0 Å². The number of carbonyl (C=O) groups excluding carboxylic acids is 9. The molecule has 2 aliphatic rings. The third kappa shape index (κ3) is 93.3. The van der Waals surface area contributed by atoms with Crippen LogP contribution in [0, 0.1) is 64.6 Å². The largest absolute Gasteiger partial charge is 0.351 e. The molecule has 0 spiro atoms. The SMILES string of the molecule is CC(C)CCCC(=O)C(C)C.CC(C)CCCOC(C)(C)OCCCC(=O)CCCCCCCCCCC(=O)C(C)C.CC(C)CCCOC(C)(OCCCC(=O)CCCCCCCCCCC(=O)C(C)C)C(C)(C)C.CC(C)CCCOC1(OCCCC(=O)CCCCCCCCCCC(=O)C(C)C)CCCC1.CC(C)CCCOC1(OCCCC(=O)CCCCCCCCCCC(=O)C(C)C)CCCCC1. The van der Waals surface area contributed by atoms with Gasteiger partial charge in [-0.3, -0.25) is 43.2 Å². The van der Waals surface area contributed by atoms with Crippen LogP contribution < -0.4 is 0 Å². The molecule has 0 N–H and O–H groups in total. The molecule has 1 atom stereocenters. The zero-order chi connectivity index (χ0) is 108. The monoisotopic (exact) mass is 2030 g/mol. The van der Waals surface area contributed by atoms with Gasteiger partial charge in [0.1, 0.15) is 52.0 Å². The number of hydrogen-bond acceptors (Lipinski definition) is 17. The molecule has 846 valence electrons. The summed E-state index contributed by atoms with van der Waals surface area (Å²) in [6.07, 6.45) is 70.7. The van der Waals surface area contributed by atoms with Gasteiger partial charge in [-0.05, 0) is 211 Å². The molecular weight excluding hydrogens is 1790 g/mol. The number of unbranched alkanes of at least 4 members (excludes halogenated alkanes) is 28. The summed E-state index contributed by atoms with van der Waals surface area (Å²) in [5.74, 6) is 6.03. The van der Waals surface area contributed by atoms with Gasteiger partial charge in [0.25, 0.3) is 0 Å². The fourth-order valence-electron chi connectivity index (χ4n) is 17.8. The number of rotatable bonds is 93. The molecule has 2 aliphatic carbocycles. The summed E-state index contributed by atoms with van der Waals surface area (Å²) in [5.41, 5.74) is -0.125. The summed E-state index contributed by atoms with van der Waals surface area (Å²) < 4.78 is 48.9. The molecule has 0 saturated heterocycles. The predicted molar refractivity (Wildman–Crippen MR) is 602 cm³/mol. The van der Waals surface area contributed by atoms with Crippen molar-refractivity contribution < 1.29 is 81.0 Å². The van der Waals surface area contributed by atoms with Crippen LogP contribution in [0.15, 0.2) is 0 Å². The standard InChI is InChI=1S/C30H56O4.C30H58O4.C29H54O4.C27H52O4.C10H20O/c1-26(2)18-16-24-33-30(22-14-11-15-23-30)34-25-17-20-28(31)19-12-9-7-5-6-8-10-13-21-29(32)27(3)4;1-25(2)19-17-23-33-30(8,29(5,6)7)34-24-18-21-27(31)20-15-13-11-9-10-12-14-16-22-28(32)26(3)4;1-25(2)17-15-23-32-29(21-13-14-22-29)33-24-16-19-27(30)18-11-9-7-5-6-8-10-12-20-28(31)26(3)4;1-23(2)17-15-21-30-27(5,6)31-22-16-19-25(28)18-13-11-9-7-8-10-12-14-20-26(29)24(3)4;1-8(2)6-5-7-10(11)9(3)4/h26-27H,5-25H2,1-4H3;25-26H,9-24H2,1-8H3;25-26H,5-24H2,1-4H3;23-24H,7-22H2,1-6H3;8-9H,5-7H2,1-4H3. The topological polar surface area (TPSA) is 227 Å². The van der Waals surface area contributed by atoms with E-state index in [1.165, 1.54) is 180 Å². The van der Waals surface area contributed by atoms with Gasteiger partial charge in [0, 0.05) is 144 Å². The summed E-state index contributed by atoms with van der Waals surface area (Å²) in [5, 5.41) is 0. The Morgan fingerprint density at radius 2 is 0.364 bits per heavy atom. The van der Waals surface area contributed by atoms with Crippen molar-refractivity contribution in [1.29, 1.82) is 0 Å². The van der Waals surface area contributed by atoms with Gasteiger partial charge in [0.2, 0.25) is 0 Å². The van der Waals surface area contributed by atoms with E-state index < -0.39 is 11.6 Å². The lowest BCUT2D eigenvalue weighted by Gasteiger charge is -2.41. The first-order valence-electron chi connectivity index (χ1n) is 60.6. The Labute approximate surface area is 885 Å². The molecule has 143 heavy (non-hydrogen) atoms. The minimum absolute atomic E-state index is 0.125. The zero-order valence-corrected chi connectivity index (χ0v) is 99.5. The molecule has 1 unspecified atom stereocenters. The van der Waals surface area contributed by atoms with Gasteiger partial charge in [0.05, 0.1) is 52.9 Å². The summed E-state index contributed by atoms with van der Waals surface area (Å²) in [7, 11) is 0. The highest BCUT2D eigenvalue weighted by atomic mass is 16.7. The second-order valence-corrected chi connectivity index (χ2v) is 48.4. The van der Waals surface area contributed by atoms with E-state index >= 15 is 0 Å². The van der Waals surface area contributed by atoms with E-state index in [-0.39, 0.29) is 46.6 Å². The first-order valence-corrected chi connectivity index (χ1v) is 60.6. The van der Waals surface area contributed by atoms with Crippen molar-refractivity contribution in [1.82, 2.24) is 0 Å². The fraction of sp³-hybridized carbons (Fsp3) is 0.929. The first-order chi connectivity index (χ1) is 67.8. The van der Waals surface area contributed by atoms with Gasteiger partial charge in [-0.15, -0.1) is 0 Å². The van der Waals surface area contributed by atoms with Gasteiger partial charge in [-0.2, -0.15) is 0 Å². The maximum absolute atomic E-state index is 12.2. The van der Waals surface area contributed by atoms with E-state index in [1.807, 2.05) is 90.0 Å². The van der Waals surface area contributed by atoms with E-state index in [4.69, 9.17) is 37.9 Å². The van der Waals surface area contributed by atoms with Gasteiger partial charge < -0.3 is 37.9 Å². The van der Waals surface area contributed by atoms with Gasteiger partial charge in [-0.25, -0.2) is 0 Å². The molecule has 0 aromatic heterocycles. The van der Waals surface area contributed by atoms with Crippen molar-refractivity contribution in [2.45, 2.75) is 640 Å². The molecule has 0 heterocycles. The zero-order valence-electron chi connectivity index (χ0n) is 99.5. The second kappa shape index (κ2) is 93.5. The van der Waals surface area contributed by atoms with Crippen molar-refractivity contribution in [2.24, 2.45) is 64.6 Å². The normalized spacial score (nSPS) is 14.2. The lowest BCUT2D eigenvalue weighted by Crippen LogP contribution is -2.45. The van der Waals surface area contributed by atoms with Crippen molar-refractivity contribution in [3.63, 3.8) is 0 Å². The van der Waals surface area contributed by atoms with E-state index in [2.05, 4.69) is 90.0 Å². The summed E-state index contributed by atoms with van der Waals surface area (Å²) in [6.45, 7) is 59.9. The Kier molecular flexibility index (Phi) is 94.1. The van der Waals surface area contributed by atoms with Crippen LogP contribution in [-0.4, -0.2) is 128 Å². The number of ether oxygens (including phenoxy) is 8. The maximum Gasteiger partial charge on any atom is 0.170 e. The molecule has 17 nitrogen and oxygen atoms in total. The van der Waals surface area contributed by atoms with Crippen molar-refractivity contribution in [2.75, 3.05) is 52.9 Å². The minimum atomic E-state index is -0.628. The number of hydrogen-bond donors (Lipinski definition) is 0. The molecule has 0 aliphatic heterocycles. The molecule has 17 heteroatoms. The van der Waals surface area contributed by atoms with Crippen LogP contribution in [0.1, 0.15) is 617 Å². The Morgan fingerprint density at radius 3 is 0.594 bits per heavy atom. The first kappa shape index (κ1) is 144. The Hall–Kier alpha value is -3.29. The second-order valence-electron chi connectivity index (χ2n) is 48.4. The van der Waals surface area contributed by atoms with Gasteiger partial charge in [0.15, 0.2) is 23.1 Å². The molecule has 0 aromatic rings. The van der Waals surface area contributed by atoms with Gasteiger partial charge in [-0.1, -0.05) is 326 Å².